The zero-order chi connectivity index (χ0) is 14.5. The number of fused-ring (bicyclic) bond motifs is 1. The maximum Gasteiger partial charge on any atom is 0.328 e. The molecular weight excluding hydrogens is 254 g/mol. The van der Waals surface area contributed by atoms with Crippen LogP contribution in [0.3, 0.4) is 0 Å². The molecule has 0 spiro atoms. The molecule has 0 aliphatic rings. The number of ether oxygens (including phenoxy) is 1. The highest BCUT2D eigenvalue weighted by molar-refractivity contribution is 5.88. The molecule has 2 aromatic carbocycles. The Balaban J connectivity index is 2.33. The number of carbonyl (C=O) groups is 2. The number of rotatable bonds is 4. The van der Waals surface area contributed by atoms with E-state index in [0.29, 0.717) is 6.42 Å². The van der Waals surface area contributed by atoms with Crippen LogP contribution < -0.4 is 5.32 Å². The van der Waals surface area contributed by atoms with Crippen molar-refractivity contribution in [2.24, 2.45) is 0 Å². The highest BCUT2D eigenvalue weighted by Gasteiger charge is 2.21. The van der Waals surface area contributed by atoms with Crippen LogP contribution in [0.2, 0.25) is 0 Å². The average molecular weight is 271 g/mol. The number of nitrogens with one attached hydrogen (secondary N) is 1. The zero-order valence-corrected chi connectivity index (χ0v) is 11.6. The molecule has 1 N–H and O–H groups in total. The summed E-state index contributed by atoms with van der Waals surface area (Å²) < 4.78 is 4.74. The van der Waals surface area contributed by atoms with E-state index in [2.05, 4.69) is 5.32 Å². The van der Waals surface area contributed by atoms with Crippen LogP contribution in [0.4, 0.5) is 0 Å². The summed E-state index contributed by atoms with van der Waals surface area (Å²) >= 11 is 0. The molecule has 2 aromatic rings. The quantitative estimate of drug-likeness (QED) is 0.866. The lowest BCUT2D eigenvalue weighted by Crippen LogP contribution is -2.42. The summed E-state index contributed by atoms with van der Waals surface area (Å²) in [5, 5.41) is 4.82. The summed E-state index contributed by atoms with van der Waals surface area (Å²) in [6.45, 7) is 1.39. The second kappa shape index (κ2) is 6.19. The lowest BCUT2D eigenvalue weighted by atomic mass is 9.99. The Bertz CT molecular complexity index is 631. The maximum absolute atomic E-state index is 11.8. The molecule has 2 rings (SSSR count). The molecular formula is C16H17NO3. The van der Waals surface area contributed by atoms with E-state index in [0.717, 1.165) is 16.3 Å². The summed E-state index contributed by atoms with van der Waals surface area (Å²) in [7, 11) is 1.32. The molecule has 104 valence electrons. The molecule has 0 bridgehead atoms. The van der Waals surface area contributed by atoms with Crippen LogP contribution in [0.25, 0.3) is 10.8 Å². The summed E-state index contributed by atoms with van der Waals surface area (Å²) in [5.41, 5.74) is 1.01. The topological polar surface area (TPSA) is 55.4 Å². The highest BCUT2D eigenvalue weighted by atomic mass is 16.5. The van der Waals surface area contributed by atoms with Gasteiger partial charge in [-0.3, -0.25) is 4.79 Å². The molecule has 0 heterocycles. The van der Waals surface area contributed by atoms with Crippen molar-refractivity contribution >= 4 is 22.6 Å². The number of hydrogen-bond acceptors (Lipinski definition) is 3. The van der Waals surface area contributed by atoms with Gasteiger partial charge in [0.05, 0.1) is 7.11 Å². The van der Waals surface area contributed by atoms with Crippen molar-refractivity contribution in [2.45, 2.75) is 19.4 Å². The summed E-state index contributed by atoms with van der Waals surface area (Å²) in [6.07, 6.45) is 0.410. The fourth-order valence-electron chi connectivity index (χ4n) is 2.27. The Morgan fingerprint density at radius 2 is 1.85 bits per heavy atom. The van der Waals surface area contributed by atoms with Crippen LogP contribution in [0, 0.1) is 0 Å². The molecule has 0 aliphatic carbocycles. The Kier molecular flexibility index (Phi) is 4.35. The Labute approximate surface area is 117 Å². The third-order valence-electron chi connectivity index (χ3n) is 3.17. The first kappa shape index (κ1) is 14.1. The minimum atomic E-state index is -0.664. The van der Waals surface area contributed by atoms with Crippen LogP contribution in [-0.2, 0) is 20.7 Å². The molecule has 4 heteroatoms. The van der Waals surface area contributed by atoms with Crippen molar-refractivity contribution in [1.82, 2.24) is 5.32 Å². The van der Waals surface area contributed by atoms with Crippen molar-refractivity contribution in [3.8, 4) is 0 Å². The highest BCUT2D eigenvalue weighted by Crippen LogP contribution is 2.20. The molecule has 20 heavy (non-hydrogen) atoms. The lowest BCUT2D eigenvalue weighted by molar-refractivity contribution is -0.144. The summed E-state index contributed by atoms with van der Waals surface area (Å²) in [6, 6.07) is 13.2. The Morgan fingerprint density at radius 3 is 2.55 bits per heavy atom. The maximum atomic E-state index is 11.8. The largest absolute Gasteiger partial charge is 0.467 e. The standard InChI is InChI=1S/C16H17NO3/c1-11(18)17-15(16(19)20-2)10-13-8-5-7-12-6-3-4-9-14(12)13/h3-9,15H,10H2,1-2H3,(H,17,18)/t15-/m1/s1. The fourth-order valence-corrected chi connectivity index (χ4v) is 2.27. The fraction of sp³-hybridized carbons (Fsp3) is 0.250. The van der Waals surface area contributed by atoms with Gasteiger partial charge >= 0.3 is 5.97 Å². The second-order valence-electron chi connectivity index (χ2n) is 4.62. The molecule has 0 radical (unpaired) electrons. The van der Waals surface area contributed by atoms with E-state index in [1.807, 2.05) is 42.5 Å². The van der Waals surface area contributed by atoms with E-state index >= 15 is 0 Å². The van der Waals surface area contributed by atoms with Gasteiger partial charge in [0.2, 0.25) is 5.91 Å². The van der Waals surface area contributed by atoms with Gasteiger partial charge in [0, 0.05) is 13.3 Å². The zero-order valence-electron chi connectivity index (χ0n) is 11.6. The van der Waals surface area contributed by atoms with Gasteiger partial charge < -0.3 is 10.1 Å². The first-order valence-electron chi connectivity index (χ1n) is 6.43. The van der Waals surface area contributed by atoms with Gasteiger partial charge in [-0.05, 0) is 16.3 Å². The number of benzene rings is 2. The van der Waals surface area contributed by atoms with E-state index in [4.69, 9.17) is 4.74 Å². The van der Waals surface area contributed by atoms with Gasteiger partial charge in [0.15, 0.2) is 0 Å². The Hall–Kier alpha value is -2.36. The minimum Gasteiger partial charge on any atom is -0.467 e. The third-order valence-corrected chi connectivity index (χ3v) is 3.17. The van der Waals surface area contributed by atoms with E-state index in [-0.39, 0.29) is 5.91 Å². The van der Waals surface area contributed by atoms with Crippen LogP contribution in [0.1, 0.15) is 12.5 Å². The first-order chi connectivity index (χ1) is 9.61. The predicted molar refractivity (Wildman–Crippen MR) is 77.3 cm³/mol. The number of amides is 1. The van der Waals surface area contributed by atoms with Crippen molar-refractivity contribution in [2.75, 3.05) is 7.11 Å². The van der Waals surface area contributed by atoms with Gasteiger partial charge in [-0.25, -0.2) is 4.79 Å². The number of esters is 1. The minimum absolute atomic E-state index is 0.249. The number of carbonyl (C=O) groups excluding carboxylic acids is 2. The van der Waals surface area contributed by atoms with Crippen molar-refractivity contribution in [1.29, 1.82) is 0 Å². The van der Waals surface area contributed by atoms with Gasteiger partial charge in [-0.1, -0.05) is 42.5 Å². The lowest BCUT2D eigenvalue weighted by Gasteiger charge is -2.16. The van der Waals surface area contributed by atoms with Crippen molar-refractivity contribution < 1.29 is 14.3 Å². The van der Waals surface area contributed by atoms with E-state index in [1.54, 1.807) is 0 Å². The first-order valence-corrected chi connectivity index (χ1v) is 6.43. The monoisotopic (exact) mass is 271 g/mol. The Morgan fingerprint density at radius 1 is 1.15 bits per heavy atom. The van der Waals surface area contributed by atoms with Gasteiger partial charge in [0.1, 0.15) is 6.04 Å². The molecule has 1 atom stereocenters. The molecule has 0 unspecified atom stereocenters. The normalized spacial score (nSPS) is 11.9. The molecule has 4 nitrogen and oxygen atoms in total. The molecule has 0 aromatic heterocycles. The van der Waals surface area contributed by atoms with Gasteiger partial charge in [0.25, 0.3) is 0 Å². The van der Waals surface area contributed by atoms with Gasteiger partial charge in [-0.15, -0.1) is 0 Å². The van der Waals surface area contributed by atoms with Crippen molar-refractivity contribution in [3.05, 3.63) is 48.0 Å². The molecule has 0 saturated heterocycles. The van der Waals surface area contributed by atoms with E-state index in [1.165, 1.54) is 14.0 Å². The third kappa shape index (κ3) is 3.15. The van der Waals surface area contributed by atoms with Gasteiger partial charge in [-0.2, -0.15) is 0 Å². The second-order valence-corrected chi connectivity index (χ2v) is 4.62. The van der Waals surface area contributed by atoms with Crippen LogP contribution in [0.15, 0.2) is 42.5 Å². The van der Waals surface area contributed by atoms with Crippen molar-refractivity contribution in [3.63, 3.8) is 0 Å². The van der Waals surface area contributed by atoms with Crippen LogP contribution >= 0.6 is 0 Å². The summed E-state index contributed by atoms with van der Waals surface area (Å²) in [4.78, 5) is 23.0. The van der Waals surface area contributed by atoms with Crippen LogP contribution in [0.5, 0.6) is 0 Å². The predicted octanol–water partition coefficient (Wildman–Crippen LogP) is 2.06. The smallest absolute Gasteiger partial charge is 0.328 e. The average Bonchev–Trinajstić information content (AvgIpc) is 2.45. The molecule has 0 saturated carbocycles. The SMILES string of the molecule is COC(=O)[C@@H](Cc1cccc2ccccc12)NC(C)=O. The number of hydrogen-bond donors (Lipinski definition) is 1. The molecule has 0 aliphatic heterocycles. The van der Waals surface area contributed by atoms with E-state index < -0.39 is 12.0 Å². The molecule has 0 fully saturated rings. The molecule has 1 amide bonds. The summed E-state index contributed by atoms with van der Waals surface area (Å²) in [5.74, 6) is -0.686. The number of methoxy groups -OCH3 is 1. The van der Waals surface area contributed by atoms with E-state index in [9.17, 15) is 9.59 Å². The van der Waals surface area contributed by atoms with Crippen LogP contribution in [-0.4, -0.2) is 25.0 Å².